The van der Waals surface area contributed by atoms with Crippen molar-refractivity contribution >= 4 is 11.7 Å². The number of urea groups is 1. The van der Waals surface area contributed by atoms with Crippen LogP contribution >= 0.6 is 0 Å². The third kappa shape index (κ3) is 4.70. The van der Waals surface area contributed by atoms with Crippen molar-refractivity contribution in [3.8, 4) is 5.75 Å². The maximum absolute atomic E-state index is 13.0. The van der Waals surface area contributed by atoms with Gasteiger partial charge in [-0.1, -0.05) is 12.1 Å². The van der Waals surface area contributed by atoms with Crippen LogP contribution in [0.25, 0.3) is 0 Å². The first-order valence-corrected chi connectivity index (χ1v) is 7.59. The molecule has 0 aliphatic heterocycles. The standard InChI is InChI=1S/C18H21FN2O3/c1-13-11-16(24-2)7-8-17(13)20-18(23)21(9-10-22)12-14-3-5-15(19)6-4-14/h3-8,11,22H,9-10,12H2,1-2H3,(H,20,23). The first-order chi connectivity index (χ1) is 11.5. The molecule has 0 aromatic heterocycles. The third-order valence-electron chi connectivity index (χ3n) is 3.62. The number of aliphatic hydroxyl groups is 1. The fraction of sp³-hybridized carbons (Fsp3) is 0.278. The number of benzene rings is 2. The molecule has 0 saturated carbocycles. The lowest BCUT2D eigenvalue weighted by molar-refractivity contribution is 0.185. The number of anilines is 1. The summed E-state index contributed by atoms with van der Waals surface area (Å²) in [4.78, 5) is 13.9. The molecule has 0 fully saturated rings. The van der Waals surface area contributed by atoms with Gasteiger partial charge < -0.3 is 20.1 Å². The van der Waals surface area contributed by atoms with E-state index < -0.39 is 0 Å². The van der Waals surface area contributed by atoms with E-state index >= 15 is 0 Å². The lowest BCUT2D eigenvalue weighted by Gasteiger charge is -2.23. The fourth-order valence-electron chi connectivity index (χ4n) is 2.28. The van der Waals surface area contributed by atoms with E-state index in [0.29, 0.717) is 11.4 Å². The van der Waals surface area contributed by atoms with Crippen LogP contribution < -0.4 is 10.1 Å². The molecule has 0 radical (unpaired) electrons. The molecule has 128 valence electrons. The SMILES string of the molecule is COc1ccc(NC(=O)N(CCO)Cc2ccc(F)cc2)c(C)c1. The minimum absolute atomic E-state index is 0.157. The van der Waals surface area contributed by atoms with Gasteiger partial charge in [-0.15, -0.1) is 0 Å². The Labute approximate surface area is 140 Å². The molecule has 0 atom stereocenters. The van der Waals surface area contributed by atoms with E-state index in [1.807, 2.05) is 13.0 Å². The van der Waals surface area contributed by atoms with Gasteiger partial charge in [0.1, 0.15) is 11.6 Å². The highest BCUT2D eigenvalue weighted by Gasteiger charge is 2.15. The van der Waals surface area contributed by atoms with Crippen LogP contribution in [0, 0.1) is 12.7 Å². The number of carbonyl (C=O) groups is 1. The zero-order valence-corrected chi connectivity index (χ0v) is 13.8. The van der Waals surface area contributed by atoms with Gasteiger partial charge in [0.2, 0.25) is 0 Å². The summed E-state index contributed by atoms with van der Waals surface area (Å²) < 4.78 is 18.1. The van der Waals surface area contributed by atoms with Crippen molar-refractivity contribution in [2.45, 2.75) is 13.5 Å². The molecule has 0 spiro atoms. The van der Waals surface area contributed by atoms with Crippen molar-refractivity contribution in [3.05, 3.63) is 59.4 Å². The number of nitrogens with one attached hydrogen (secondary N) is 1. The lowest BCUT2D eigenvalue weighted by Crippen LogP contribution is -2.36. The van der Waals surface area contributed by atoms with Crippen molar-refractivity contribution in [3.63, 3.8) is 0 Å². The number of amides is 2. The smallest absolute Gasteiger partial charge is 0.322 e. The summed E-state index contributed by atoms with van der Waals surface area (Å²) in [5.41, 5.74) is 2.32. The molecule has 6 heteroatoms. The highest BCUT2D eigenvalue weighted by atomic mass is 19.1. The zero-order valence-electron chi connectivity index (χ0n) is 13.8. The van der Waals surface area contributed by atoms with Gasteiger partial charge in [-0.05, 0) is 48.4 Å². The Morgan fingerprint density at radius 3 is 2.54 bits per heavy atom. The number of hydrogen-bond donors (Lipinski definition) is 2. The molecule has 0 heterocycles. The highest BCUT2D eigenvalue weighted by Crippen LogP contribution is 2.21. The molecule has 2 rings (SSSR count). The third-order valence-corrected chi connectivity index (χ3v) is 3.62. The zero-order chi connectivity index (χ0) is 17.5. The van der Waals surface area contributed by atoms with Crippen LogP contribution in [0.2, 0.25) is 0 Å². The molecule has 0 unspecified atom stereocenters. The number of aliphatic hydroxyl groups excluding tert-OH is 1. The summed E-state index contributed by atoms with van der Waals surface area (Å²) in [6.07, 6.45) is 0. The maximum atomic E-state index is 13.0. The Kier molecular flexibility index (Phi) is 6.14. The Bertz CT molecular complexity index is 689. The van der Waals surface area contributed by atoms with Crippen LogP contribution in [0.15, 0.2) is 42.5 Å². The number of nitrogens with zero attached hydrogens (tertiary/aromatic N) is 1. The predicted molar refractivity (Wildman–Crippen MR) is 90.6 cm³/mol. The molecule has 0 aliphatic rings. The predicted octanol–water partition coefficient (Wildman–Crippen LogP) is 3.17. The molecule has 0 aliphatic carbocycles. The van der Waals surface area contributed by atoms with Gasteiger partial charge in [0.15, 0.2) is 0 Å². The minimum Gasteiger partial charge on any atom is -0.497 e. The van der Waals surface area contributed by atoms with Crippen LogP contribution in [0.3, 0.4) is 0 Å². The molecule has 0 saturated heterocycles. The highest BCUT2D eigenvalue weighted by molar-refractivity contribution is 5.90. The van der Waals surface area contributed by atoms with Gasteiger partial charge >= 0.3 is 6.03 Å². The summed E-state index contributed by atoms with van der Waals surface area (Å²) in [5, 5.41) is 12.0. The van der Waals surface area contributed by atoms with Gasteiger partial charge in [-0.2, -0.15) is 0 Å². The number of methoxy groups -OCH3 is 1. The monoisotopic (exact) mass is 332 g/mol. The molecule has 2 N–H and O–H groups in total. The van der Waals surface area contributed by atoms with Crippen LogP contribution in [-0.4, -0.2) is 36.3 Å². The molecule has 24 heavy (non-hydrogen) atoms. The van der Waals surface area contributed by atoms with Crippen molar-refractivity contribution < 1.29 is 19.0 Å². The van der Waals surface area contributed by atoms with Crippen LogP contribution in [0.4, 0.5) is 14.9 Å². The number of hydrogen-bond acceptors (Lipinski definition) is 3. The van der Waals surface area contributed by atoms with E-state index in [1.54, 1.807) is 31.4 Å². The normalized spacial score (nSPS) is 10.3. The van der Waals surface area contributed by atoms with Crippen molar-refractivity contribution in [1.82, 2.24) is 4.90 Å². The van der Waals surface area contributed by atoms with Crippen LogP contribution in [-0.2, 0) is 6.54 Å². The summed E-state index contributed by atoms with van der Waals surface area (Å²) in [7, 11) is 1.58. The molecular weight excluding hydrogens is 311 g/mol. The molecule has 0 bridgehead atoms. The van der Waals surface area contributed by atoms with Crippen LogP contribution in [0.5, 0.6) is 5.75 Å². The summed E-state index contributed by atoms with van der Waals surface area (Å²) in [5.74, 6) is 0.384. The Morgan fingerprint density at radius 1 is 1.25 bits per heavy atom. The second-order valence-corrected chi connectivity index (χ2v) is 5.38. The van der Waals surface area contributed by atoms with E-state index in [9.17, 15) is 14.3 Å². The topological polar surface area (TPSA) is 61.8 Å². The van der Waals surface area contributed by atoms with Gasteiger partial charge in [-0.25, -0.2) is 9.18 Å². The first kappa shape index (κ1) is 17.7. The number of carbonyl (C=O) groups excluding carboxylic acids is 1. The quantitative estimate of drug-likeness (QED) is 0.854. The van der Waals surface area contributed by atoms with E-state index in [4.69, 9.17) is 4.74 Å². The number of halogens is 1. The summed E-state index contributed by atoms with van der Waals surface area (Å²) in [6, 6.07) is 10.9. The van der Waals surface area contributed by atoms with Gasteiger partial charge in [-0.3, -0.25) is 0 Å². The van der Waals surface area contributed by atoms with Gasteiger partial charge in [0.25, 0.3) is 0 Å². The molecular formula is C18H21FN2O3. The average molecular weight is 332 g/mol. The Balaban J connectivity index is 2.09. The van der Waals surface area contributed by atoms with E-state index in [2.05, 4.69) is 5.32 Å². The second kappa shape index (κ2) is 8.31. The lowest BCUT2D eigenvalue weighted by atomic mass is 10.2. The van der Waals surface area contributed by atoms with Gasteiger partial charge in [0, 0.05) is 18.8 Å². The van der Waals surface area contributed by atoms with Gasteiger partial charge in [0.05, 0.1) is 13.7 Å². The number of aryl methyl sites for hydroxylation is 1. The summed E-state index contributed by atoms with van der Waals surface area (Å²) in [6.45, 7) is 2.17. The Morgan fingerprint density at radius 2 is 1.96 bits per heavy atom. The number of ether oxygens (including phenoxy) is 1. The van der Waals surface area contributed by atoms with Crippen molar-refractivity contribution in [2.24, 2.45) is 0 Å². The van der Waals surface area contributed by atoms with Crippen LogP contribution in [0.1, 0.15) is 11.1 Å². The second-order valence-electron chi connectivity index (χ2n) is 5.38. The minimum atomic E-state index is -0.332. The first-order valence-electron chi connectivity index (χ1n) is 7.59. The largest absolute Gasteiger partial charge is 0.497 e. The fourth-order valence-corrected chi connectivity index (χ4v) is 2.28. The maximum Gasteiger partial charge on any atom is 0.322 e. The average Bonchev–Trinajstić information content (AvgIpc) is 2.58. The van der Waals surface area contributed by atoms with E-state index in [0.717, 1.165) is 11.1 Å². The van der Waals surface area contributed by atoms with Crippen molar-refractivity contribution in [1.29, 1.82) is 0 Å². The molecule has 2 amide bonds. The Hall–Kier alpha value is -2.60. The van der Waals surface area contributed by atoms with E-state index in [1.165, 1.54) is 17.0 Å². The van der Waals surface area contributed by atoms with Crippen molar-refractivity contribution in [2.75, 3.05) is 25.6 Å². The summed E-state index contributed by atoms with van der Waals surface area (Å²) >= 11 is 0. The van der Waals surface area contributed by atoms with E-state index in [-0.39, 0.29) is 31.5 Å². The molecule has 5 nitrogen and oxygen atoms in total. The molecule has 2 aromatic rings. The molecule has 2 aromatic carbocycles. The number of rotatable bonds is 6.